The van der Waals surface area contributed by atoms with Gasteiger partial charge in [0.2, 0.25) is 0 Å². The number of anilines is 3. The molecule has 29 heavy (non-hydrogen) atoms. The number of phenolic OH excluding ortho intramolecular Hbond substituents is 1. The number of aromatic nitrogens is 1. The van der Waals surface area contributed by atoms with Crippen LogP contribution in [0.25, 0.3) is 11.3 Å². The molecule has 0 saturated carbocycles. The number of rotatable bonds is 6. The van der Waals surface area contributed by atoms with Gasteiger partial charge in [0.05, 0.1) is 5.69 Å². The number of nitrogens with zero attached hydrogens (tertiary/aromatic N) is 1. The summed E-state index contributed by atoms with van der Waals surface area (Å²) in [4.78, 5) is 28.5. The van der Waals surface area contributed by atoms with Gasteiger partial charge in [0.1, 0.15) is 17.1 Å². The molecule has 0 bridgehead atoms. The second-order valence-electron chi connectivity index (χ2n) is 6.76. The monoisotopic (exact) mass is 385 g/mol. The van der Waals surface area contributed by atoms with Gasteiger partial charge in [-0.15, -0.1) is 0 Å². The molecule has 0 amide bonds. The Kier molecular flexibility index (Phi) is 4.83. The van der Waals surface area contributed by atoms with Gasteiger partial charge in [-0.3, -0.25) is 14.6 Å². The Balaban J connectivity index is 1.61. The summed E-state index contributed by atoms with van der Waals surface area (Å²) in [6.07, 6.45) is 1.64. The first-order valence-corrected chi connectivity index (χ1v) is 9.21. The molecule has 6 heteroatoms. The average molecular weight is 385 g/mol. The smallest absolute Gasteiger partial charge is 0.253 e. The molecule has 0 aliphatic carbocycles. The minimum Gasteiger partial charge on any atom is -0.507 e. The van der Waals surface area contributed by atoms with E-state index in [9.17, 15) is 14.7 Å². The Hall–Kier alpha value is -3.93. The zero-order chi connectivity index (χ0) is 20.4. The molecule has 6 nitrogen and oxygen atoms in total. The molecular formula is C23H19N3O3. The highest BCUT2D eigenvalue weighted by Crippen LogP contribution is 2.32. The Morgan fingerprint density at radius 3 is 2.34 bits per heavy atom. The fraction of sp³-hybridized carbons (Fsp3) is 0.0870. The lowest BCUT2D eigenvalue weighted by molar-refractivity contribution is 0.477. The summed E-state index contributed by atoms with van der Waals surface area (Å²) >= 11 is 0. The quantitative estimate of drug-likeness (QED) is 0.344. The van der Waals surface area contributed by atoms with E-state index in [4.69, 9.17) is 0 Å². The maximum atomic E-state index is 12.1. The van der Waals surface area contributed by atoms with Crippen LogP contribution in [-0.2, 0) is 0 Å². The third kappa shape index (κ3) is 3.60. The first kappa shape index (κ1) is 18.4. The molecule has 3 N–H and O–H groups in total. The van der Waals surface area contributed by atoms with Crippen molar-refractivity contribution >= 4 is 17.1 Å². The number of benzene rings is 2. The highest BCUT2D eigenvalue weighted by atomic mass is 16.3. The van der Waals surface area contributed by atoms with Gasteiger partial charge in [0, 0.05) is 23.5 Å². The van der Waals surface area contributed by atoms with E-state index >= 15 is 0 Å². The van der Waals surface area contributed by atoms with E-state index in [-0.39, 0.29) is 23.2 Å². The molecule has 3 aromatic carbocycles. The van der Waals surface area contributed by atoms with Crippen LogP contribution in [0.2, 0.25) is 0 Å². The number of pyridine rings is 1. The summed E-state index contributed by atoms with van der Waals surface area (Å²) in [5.74, 6) is 0.0790. The molecule has 0 aliphatic heterocycles. The van der Waals surface area contributed by atoms with Gasteiger partial charge in [-0.2, -0.15) is 0 Å². The first-order chi connectivity index (χ1) is 14.0. The van der Waals surface area contributed by atoms with Gasteiger partial charge in [0.15, 0.2) is 0 Å². The number of aromatic hydroxyl groups is 1. The van der Waals surface area contributed by atoms with Crippen LogP contribution in [-0.4, -0.2) is 10.1 Å². The molecule has 0 spiro atoms. The second kappa shape index (κ2) is 7.59. The van der Waals surface area contributed by atoms with Gasteiger partial charge >= 0.3 is 0 Å². The standard InChI is InChI=1S/C23H19N3O3/c1-14(15-7-3-2-4-8-15)25-20-21(23(29)22(20)28)26-16-10-11-19(27)17(13-16)18-9-5-6-12-24-18/h2-14,25-27H,1H3/t14-/m1/s1. The van der Waals surface area contributed by atoms with Crippen molar-refractivity contribution in [2.45, 2.75) is 13.0 Å². The number of hydrogen-bond acceptors (Lipinski definition) is 6. The summed E-state index contributed by atoms with van der Waals surface area (Å²) < 4.78 is 0. The van der Waals surface area contributed by atoms with Crippen LogP contribution >= 0.6 is 0 Å². The van der Waals surface area contributed by atoms with E-state index < -0.39 is 10.9 Å². The van der Waals surface area contributed by atoms with Crippen molar-refractivity contribution < 1.29 is 5.11 Å². The van der Waals surface area contributed by atoms with Gasteiger partial charge in [-0.25, -0.2) is 0 Å². The van der Waals surface area contributed by atoms with Gasteiger partial charge in [-0.1, -0.05) is 36.4 Å². The lowest BCUT2D eigenvalue weighted by atomic mass is 10.1. The van der Waals surface area contributed by atoms with Crippen molar-refractivity contribution in [2.75, 3.05) is 10.6 Å². The van der Waals surface area contributed by atoms with Crippen LogP contribution in [0.5, 0.6) is 5.75 Å². The first-order valence-electron chi connectivity index (χ1n) is 9.21. The van der Waals surface area contributed by atoms with E-state index in [2.05, 4.69) is 15.6 Å². The Morgan fingerprint density at radius 2 is 1.62 bits per heavy atom. The topological polar surface area (TPSA) is 91.3 Å². The molecule has 144 valence electrons. The predicted octanol–water partition coefficient (Wildman–Crippen LogP) is 3.97. The van der Waals surface area contributed by atoms with Crippen LogP contribution in [0, 0.1) is 0 Å². The minimum absolute atomic E-state index is 0.0790. The van der Waals surface area contributed by atoms with Crippen LogP contribution in [0.4, 0.5) is 17.1 Å². The van der Waals surface area contributed by atoms with Crippen molar-refractivity contribution in [2.24, 2.45) is 0 Å². The SMILES string of the molecule is C[C@@H](Nc1c(Nc2ccc(O)c(-c3ccccn3)c2)c(=O)c1=O)c1ccccc1. The average Bonchev–Trinajstić information content (AvgIpc) is 2.78. The summed E-state index contributed by atoms with van der Waals surface area (Å²) in [6.45, 7) is 1.93. The lowest BCUT2D eigenvalue weighted by Gasteiger charge is -2.20. The molecule has 4 rings (SSSR count). The Morgan fingerprint density at radius 1 is 0.897 bits per heavy atom. The third-order valence-electron chi connectivity index (χ3n) is 4.78. The maximum absolute atomic E-state index is 12.1. The predicted molar refractivity (Wildman–Crippen MR) is 114 cm³/mol. The maximum Gasteiger partial charge on any atom is 0.253 e. The van der Waals surface area contributed by atoms with Crippen LogP contribution < -0.4 is 21.5 Å². The van der Waals surface area contributed by atoms with Crippen molar-refractivity contribution in [3.63, 3.8) is 0 Å². The van der Waals surface area contributed by atoms with Gasteiger partial charge in [0.25, 0.3) is 10.9 Å². The molecule has 0 aliphatic rings. The summed E-state index contributed by atoms with van der Waals surface area (Å²) in [7, 11) is 0. The number of nitrogens with one attached hydrogen (secondary N) is 2. The Labute approximate surface area is 167 Å². The summed E-state index contributed by atoms with van der Waals surface area (Å²) in [5, 5.41) is 16.3. The molecule has 0 unspecified atom stereocenters. The van der Waals surface area contributed by atoms with Crippen molar-refractivity contribution in [3.8, 4) is 17.0 Å². The Bertz CT molecular complexity index is 1210. The zero-order valence-electron chi connectivity index (χ0n) is 15.7. The van der Waals surface area contributed by atoms with Crippen molar-refractivity contribution in [1.82, 2.24) is 4.98 Å². The number of phenols is 1. The minimum atomic E-state index is -0.569. The van der Waals surface area contributed by atoms with E-state index in [1.54, 1.807) is 30.5 Å². The van der Waals surface area contributed by atoms with Crippen LogP contribution in [0.15, 0.2) is 82.5 Å². The van der Waals surface area contributed by atoms with E-state index in [1.807, 2.05) is 43.3 Å². The fourth-order valence-corrected chi connectivity index (χ4v) is 3.18. The summed E-state index contributed by atoms with van der Waals surface area (Å²) in [6, 6.07) is 19.8. The normalized spacial score (nSPS) is 11.9. The van der Waals surface area contributed by atoms with Crippen molar-refractivity contribution in [1.29, 1.82) is 0 Å². The molecular weight excluding hydrogens is 366 g/mol. The highest BCUT2D eigenvalue weighted by molar-refractivity contribution is 5.81. The molecule has 4 aromatic rings. The largest absolute Gasteiger partial charge is 0.507 e. The lowest BCUT2D eigenvalue weighted by Crippen LogP contribution is -2.37. The van der Waals surface area contributed by atoms with Crippen molar-refractivity contribution in [3.05, 3.63) is 98.9 Å². The highest BCUT2D eigenvalue weighted by Gasteiger charge is 2.23. The molecule has 0 radical (unpaired) electrons. The summed E-state index contributed by atoms with van der Waals surface area (Å²) in [5.41, 5.74) is 2.09. The molecule has 1 heterocycles. The van der Waals surface area contributed by atoms with Crippen LogP contribution in [0.3, 0.4) is 0 Å². The van der Waals surface area contributed by atoms with E-state index in [0.717, 1.165) is 5.56 Å². The third-order valence-corrected chi connectivity index (χ3v) is 4.78. The van der Waals surface area contributed by atoms with Gasteiger partial charge < -0.3 is 15.7 Å². The fourth-order valence-electron chi connectivity index (χ4n) is 3.18. The number of hydrogen-bond donors (Lipinski definition) is 3. The van der Waals surface area contributed by atoms with E-state index in [1.165, 1.54) is 6.07 Å². The molecule has 1 aromatic heterocycles. The van der Waals surface area contributed by atoms with Crippen LogP contribution in [0.1, 0.15) is 18.5 Å². The molecule has 0 saturated heterocycles. The van der Waals surface area contributed by atoms with Gasteiger partial charge in [-0.05, 0) is 42.8 Å². The molecule has 0 fully saturated rings. The zero-order valence-corrected chi connectivity index (χ0v) is 15.7. The molecule has 1 atom stereocenters. The second-order valence-corrected chi connectivity index (χ2v) is 6.76. The van der Waals surface area contributed by atoms with E-state index in [0.29, 0.717) is 16.9 Å².